The van der Waals surface area contributed by atoms with E-state index in [-0.39, 0.29) is 23.6 Å². The molecule has 2 atom stereocenters. The van der Waals surface area contributed by atoms with Crippen LogP contribution in [-0.4, -0.2) is 53.2 Å². The summed E-state index contributed by atoms with van der Waals surface area (Å²) in [5.74, 6) is 0.0635. The maximum Gasteiger partial charge on any atom is 0.318 e. The topological polar surface area (TPSA) is 84.3 Å². The number of sulfone groups is 1. The number of hydrogen-bond donors (Lipinski definition) is 1. The number of aromatic nitrogens is 2. The van der Waals surface area contributed by atoms with Crippen LogP contribution in [0.3, 0.4) is 0 Å². The molecule has 7 nitrogen and oxygen atoms in total. The van der Waals surface area contributed by atoms with Gasteiger partial charge in [-0.1, -0.05) is 6.92 Å². The van der Waals surface area contributed by atoms with E-state index in [4.69, 9.17) is 0 Å². The van der Waals surface area contributed by atoms with Crippen LogP contribution in [0.4, 0.5) is 4.79 Å². The Morgan fingerprint density at radius 2 is 2.22 bits per heavy atom. The van der Waals surface area contributed by atoms with Gasteiger partial charge >= 0.3 is 6.03 Å². The molecule has 1 saturated heterocycles. The second kappa shape index (κ2) is 7.33. The van der Waals surface area contributed by atoms with Gasteiger partial charge in [0.25, 0.3) is 0 Å². The van der Waals surface area contributed by atoms with E-state index >= 15 is 0 Å². The van der Waals surface area contributed by atoms with Gasteiger partial charge in [-0.3, -0.25) is 4.68 Å². The number of nitrogens with one attached hydrogen (secondary N) is 1. The fourth-order valence-corrected chi connectivity index (χ4v) is 4.11. The number of aryl methyl sites for hydroxylation is 1. The van der Waals surface area contributed by atoms with Gasteiger partial charge < -0.3 is 10.2 Å². The molecule has 2 amide bonds. The highest BCUT2D eigenvalue weighted by atomic mass is 32.2. The van der Waals surface area contributed by atoms with E-state index in [1.54, 1.807) is 29.6 Å². The summed E-state index contributed by atoms with van der Waals surface area (Å²) >= 11 is 0. The summed E-state index contributed by atoms with van der Waals surface area (Å²) in [7, 11) is -1.23. The van der Waals surface area contributed by atoms with E-state index in [1.807, 2.05) is 13.1 Å². The van der Waals surface area contributed by atoms with Crippen LogP contribution in [0.2, 0.25) is 0 Å². The zero-order valence-electron chi connectivity index (χ0n) is 14.0. The third-order valence-corrected chi connectivity index (χ3v) is 6.17. The molecule has 1 fully saturated rings. The fraction of sp³-hybridized carbons (Fsp3) is 0.733. The van der Waals surface area contributed by atoms with Crippen LogP contribution in [-0.2, 0) is 16.9 Å². The summed E-state index contributed by atoms with van der Waals surface area (Å²) in [6.07, 6.45) is 4.66. The van der Waals surface area contributed by atoms with Crippen molar-refractivity contribution in [3.8, 4) is 0 Å². The van der Waals surface area contributed by atoms with Gasteiger partial charge in [0, 0.05) is 31.6 Å². The predicted octanol–water partition coefficient (Wildman–Crippen LogP) is 1.48. The van der Waals surface area contributed by atoms with Gasteiger partial charge in [0.2, 0.25) is 0 Å². The number of nitrogens with zero attached hydrogens (tertiary/aromatic N) is 3. The lowest BCUT2D eigenvalue weighted by Gasteiger charge is -2.36. The molecule has 1 aliphatic rings. The average Bonchev–Trinajstić information content (AvgIpc) is 2.92. The third-order valence-electron chi connectivity index (χ3n) is 4.28. The number of piperidine rings is 1. The zero-order chi connectivity index (χ0) is 17.0. The van der Waals surface area contributed by atoms with Gasteiger partial charge in [0.1, 0.15) is 0 Å². The smallest absolute Gasteiger partial charge is 0.318 e. The molecule has 0 bridgehead atoms. The van der Waals surface area contributed by atoms with Crippen molar-refractivity contribution in [3.05, 3.63) is 18.0 Å². The SMILES string of the molecule is CCS(=O)(=O)C[C@H](C)NC(=O)N1CCCC[C@H]1c1ccnn1C. The number of urea groups is 1. The van der Waals surface area contributed by atoms with E-state index in [9.17, 15) is 13.2 Å². The summed E-state index contributed by atoms with van der Waals surface area (Å²) in [6.45, 7) is 4.02. The molecule has 23 heavy (non-hydrogen) atoms. The van der Waals surface area contributed by atoms with E-state index in [2.05, 4.69) is 10.4 Å². The average molecular weight is 342 g/mol. The first kappa shape index (κ1) is 17.8. The third kappa shape index (κ3) is 4.46. The Balaban J connectivity index is 2.05. The summed E-state index contributed by atoms with van der Waals surface area (Å²) in [4.78, 5) is 14.4. The normalized spacial score (nSPS) is 20.3. The Kier molecular flexibility index (Phi) is 5.67. The number of amides is 2. The first-order valence-corrected chi connectivity index (χ1v) is 9.91. The molecule has 1 aromatic heterocycles. The molecular weight excluding hydrogens is 316 g/mol. The quantitative estimate of drug-likeness (QED) is 0.878. The second-order valence-corrected chi connectivity index (χ2v) is 8.53. The molecule has 2 rings (SSSR count). The lowest BCUT2D eigenvalue weighted by atomic mass is 9.99. The summed E-state index contributed by atoms with van der Waals surface area (Å²) in [6, 6.07) is 1.32. The molecule has 1 aliphatic heterocycles. The Hall–Kier alpha value is -1.57. The van der Waals surface area contributed by atoms with Crippen molar-refractivity contribution in [2.75, 3.05) is 18.1 Å². The summed E-state index contributed by atoms with van der Waals surface area (Å²) in [5.41, 5.74) is 1.01. The van der Waals surface area contributed by atoms with Gasteiger partial charge in [-0.25, -0.2) is 13.2 Å². The Morgan fingerprint density at radius 3 is 2.83 bits per heavy atom. The van der Waals surface area contributed by atoms with Crippen molar-refractivity contribution >= 4 is 15.9 Å². The molecule has 2 heterocycles. The molecule has 8 heteroatoms. The lowest BCUT2D eigenvalue weighted by molar-refractivity contribution is 0.146. The molecule has 0 radical (unpaired) electrons. The molecule has 0 unspecified atom stereocenters. The molecule has 0 aliphatic carbocycles. The fourth-order valence-electron chi connectivity index (χ4n) is 3.03. The maximum absolute atomic E-state index is 12.6. The first-order chi connectivity index (χ1) is 10.8. The van der Waals surface area contributed by atoms with Crippen LogP contribution >= 0.6 is 0 Å². The minimum Gasteiger partial charge on any atom is -0.334 e. The number of carbonyl (C=O) groups excluding carboxylic acids is 1. The molecule has 130 valence electrons. The van der Waals surface area contributed by atoms with Crippen LogP contribution in [0.25, 0.3) is 0 Å². The van der Waals surface area contributed by atoms with Crippen LogP contribution in [0.15, 0.2) is 12.3 Å². The largest absolute Gasteiger partial charge is 0.334 e. The van der Waals surface area contributed by atoms with Gasteiger partial charge in [-0.05, 0) is 32.3 Å². The van der Waals surface area contributed by atoms with E-state index in [1.165, 1.54) is 0 Å². The molecule has 1 N–H and O–H groups in total. The zero-order valence-corrected chi connectivity index (χ0v) is 14.8. The van der Waals surface area contributed by atoms with Crippen molar-refractivity contribution in [3.63, 3.8) is 0 Å². The predicted molar refractivity (Wildman–Crippen MR) is 88.8 cm³/mol. The van der Waals surface area contributed by atoms with Gasteiger partial charge in [0.05, 0.1) is 17.5 Å². The van der Waals surface area contributed by atoms with Crippen LogP contribution < -0.4 is 5.32 Å². The number of rotatable bonds is 5. The van der Waals surface area contributed by atoms with Crippen LogP contribution in [0.1, 0.15) is 44.8 Å². The van der Waals surface area contributed by atoms with Crippen molar-refractivity contribution < 1.29 is 13.2 Å². The van der Waals surface area contributed by atoms with Crippen LogP contribution in [0.5, 0.6) is 0 Å². The monoisotopic (exact) mass is 342 g/mol. The van der Waals surface area contributed by atoms with Gasteiger partial charge in [-0.2, -0.15) is 5.10 Å². The van der Waals surface area contributed by atoms with Crippen molar-refractivity contribution in [1.29, 1.82) is 0 Å². The summed E-state index contributed by atoms with van der Waals surface area (Å²) in [5, 5.41) is 7.01. The van der Waals surface area contributed by atoms with Crippen molar-refractivity contribution in [2.45, 2.75) is 45.2 Å². The Morgan fingerprint density at radius 1 is 1.48 bits per heavy atom. The van der Waals surface area contributed by atoms with E-state index < -0.39 is 15.9 Å². The molecular formula is C15H26N4O3S. The van der Waals surface area contributed by atoms with Gasteiger partial charge in [0.15, 0.2) is 9.84 Å². The van der Waals surface area contributed by atoms with Crippen molar-refractivity contribution in [1.82, 2.24) is 20.0 Å². The standard InChI is InChI=1S/C15H26N4O3S/c1-4-23(21,22)11-12(2)17-15(20)19-10-6-5-7-14(19)13-8-9-16-18(13)3/h8-9,12,14H,4-7,10-11H2,1-3H3,(H,17,20)/t12-,14-/m0/s1. The Labute approximate surface area is 138 Å². The highest BCUT2D eigenvalue weighted by molar-refractivity contribution is 7.91. The minimum atomic E-state index is -3.11. The Bertz CT molecular complexity index is 641. The highest BCUT2D eigenvalue weighted by Gasteiger charge is 2.30. The first-order valence-electron chi connectivity index (χ1n) is 8.09. The van der Waals surface area contributed by atoms with Crippen LogP contribution in [0, 0.1) is 0 Å². The lowest BCUT2D eigenvalue weighted by Crippen LogP contribution is -2.49. The van der Waals surface area contributed by atoms with E-state index in [0.29, 0.717) is 6.54 Å². The number of hydrogen-bond acceptors (Lipinski definition) is 4. The number of carbonyl (C=O) groups is 1. The molecule has 1 aromatic rings. The summed E-state index contributed by atoms with van der Waals surface area (Å²) < 4.78 is 25.2. The van der Waals surface area contributed by atoms with Gasteiger partial charge in [-0.15, -0.1) is 0 Å². The molecule has 0 spiro atoms. The number of likely N-dealkylation sites (tertiary alicyclic amines) is 1. The molecule has 0 saturated carbocycles. The second-order valence-electron chi connectivity index (χ2n) is 6.13. The van der Waals surface area contributed by atoms with E-state index in [0.717, 1.165) is 25.0 Å². The minimum absolute atomic E-state index is 0.00812. The molecule has 0 aromatic carbocycles. The highest BCUT2D eigenvalue weighted by Crippen LogP contribution is 2.30. The maximum atomic E-state index is 12.6. The van der Waals surface area contributed by atoms with Crippen molar-refractivity contribution in [2.24, 2.45) is 7.05 Å².